The topological polar surface area (TPSA) is 0 Å². The number of benzene rings is 2. The molecular formula is C23H22. The zero-order chi connectivity index (χ0) is 14.8. The highest BCUT2D eigenvalue weighted by Crippen LogP contribution is 2.85. The van der Waals surface area contributed by atoms with Gasteiger partial charge < -0.3 is 0 Å². The van der Waals surface area contributed by atoms with Gasteiger partial charge in [-0.2, -0.15) is 0 Å². The van der Waals surface area contributed by atoms with Crippen LogP contribution >= 0.6 is 0 Å². The van der Waals surface area contributed by atoms with Gasteiger partial charge in [-0.05, 0) is 83.4 Å². The van der Waals surface area contributed by atoms with Crippen LogP contribution in [0.15, 0.2) is 48.5 Å². The van der Waals surface area contributed by atoms with Crippen molar-refractivity contribution in [1.82, 2.24) is 0 Å². The molecule has 0 saturated heterocycles. The zero-order valence-electron chi connectivity index (χ0n) is 13.5. The van der Waals surface area contributed by atoms with E-state index in [0.717, 1.165) is 29.1 Å². The molecule has 4 saturated carbocycles. The van der Waals surface area contributed by atoms with Gasteiger partial charge >= 0.3 is 0 Å². The van der Waals surface area contributed by atoms with Crippen molar-refractivity contribution in [1.29, 1.82) is 0 Å². The Balaban J connectivity index is 1.58. The van der Waals surface area contributed by atoms with Crippen LogP contribution < -0.4 is 0 Å². The van der Waals surface area contributed by atoms with E-state index in [2.05, 4.69) is 48.5 Å². The van der Waals surface area contributed by atoms with Crippen LogP contribution in [-0.4, -0.2) is 0 Å². The Morgan fingerprint density at radius 1 is 0.652 bits per heavy atom. The fourth-order valence-corrected chi connectivity index (χ4v) is 8.58. The summed E-state index contributed by atoms with van der Waals surface area (Å²) in [4.78, 5) is 0. The van der Waals surface area contributed by atoms with Crippen LogP contribution in [0.3, 0.4) is 0 Å². The van der Waals surface area contributed by atoms with E-state index in [1.165, 1.54) is 12.8 Å². The molecule has 0 aliphatic heterocycles. The van der Waals surface area contributed by atoms with E-state index >= 15 is 0 Å². The third-order valence-electron chi connectivity index (χ3n) is 8.67. The molecule has 3 bridgehead atoms. The molecule has 114 valence electrons. The third kappa shape index (κ3) is 1.02. The monoisotopic (exact) mass is 298 g/mol. The molecule has 0 heteroatoms. The summed E-state index contributed by atoms with van der Waals surface area (Å²) in [6, 6.07) is 18.8. The van der Waals surface area contributed by atoms with Crippen LogP contribution in [0.4, 0.5) is 0 Å². The lowest BCUT2D eigenvalue weighted by Gasteiger charge is -2.64. The average molecular weight is 298 g/mol. The van der Waals surface area contributed by atoms with E-state index in [1.807, 2.05) is 0 Å². The van der Waals surface area contributed by atoms with Gasteiger partial charge in [0, 0.05) is 5.41 Å². The van der Waals surface area contributed by atoms with Crippen molar-refractivity contribution in [3.05, 3.63) is 59.7 Å². The van der Waals surface area contributed by atoms with Crippen molar-refractivity contribution < 1.29 is 0 Å². The maximum atomic E-state index is 2.47. The molecule has 4 unspecified atom stereocenters. The Hall–Kier alpha value is -1.56. The van der Waals surface area contributed by atoms with Gasteiger partial charge in [-0.1, -0.05) is 48.5 Å². The normalized spacial score (nSPS) is 42.4. The first kappa shape index (κ1) is 11.9. The number of rotatable bonds is 0. The Kier molecular flexibility index (Phi) is 1.78. The summed E-state index contributed by atoms with van der Waals surface area (Å²) < 4.78 is 0. The lowest BCUT2D eigenvalue weighted by atomic mass is 9.38. The molecule has 7 rings (SSSR count). The van der Waals surface area contributed by atoms with Gasteiger partial charge in [0.15, 0.2) is 0 Å². The minimum Gasteiger partial charge on any atom is -0.0619 e. The standard InChI is InChI=1S/C23H22/c1-3-7-18-16(5-1)17-6-2-4-8-19(17)23(18)20-10-14-9-15-11-21(23)22(20,12-14)13-15/h1-8,14-15,20-21H,9-13H2. The highest BCUT2D eigenvalue weighted by Gasteiger charge is 2.79. The smallest absolute Gasteiger partial charge is 0.0282 e. The van der Waals surface area contributed by atoms with E-state index < -0.39 is 0 Å². The van der Waals surface area contributed by atoms with E-state index in [4.69, 9.17) is 0 Å². The Morgan fingerprint density at radius 3 is 1.74 bits per heavy atom. The quantitative estimate of drug-likeness (QED) is 0.610. The summed E-state index contributed by atoms with van der Waals surface area (Å²) in [6.07, 6.45) is 7.69. The maximum Gasteiger partial charge on any atom is 0.0282 e. The predicted molar refractivity (Wildman–Crippen MR) is 92.1 cm³/mol. The van der Waals surface area contributed by atoms with E-state index in [1.54, 1.807) is 41.5 Å². The van der Waals surface area contributed by atoms with Gasteiger partial charge in [0.2, 0.25) is 0 Å². The SMILES string of the molecule is c1ccc2c(c1)-c1ccccc1C21C2CC3CC4CC1C2(C3)C4. The molecule has 2 aromatic carbocycles. The van der Waals surface area contributed by atoms with Crippen LogP contribution in [0.25, 0.3) is 11.1 Å². The van der Waals surface area contributed by atoms with Gasteiger partial charge in [0.1, 0.15) is 0 Å². The molecule has 0 amide bonds. The lowest BCUT2D eigenvalue weighted by Crippen LogP contribution is -2.62. The second-order valence-corrected chi connectivity index (χ2v) is 9.15. The first-order valence-electron chi connectivity index (χ1n) is 9.53. The lowest BCUT2D eigenvalue weighted by molar-refractivity contribution is -0.0820. The third-order valence-corrected chi connectivity index (χ3v) is 8.67. The highest BCUT2D eigenvalue weighted by atomic mass is 14.8. The van der Waals surface area contributed by atoms with Crippen LogP contribution in [0, 0.1) is 29.1 Å². The van der Waals surface area contributed by atoms with Crippen molar-refractivity contribution in [2.75, 3.05) is 0 Å². The molecule has 4 atom stereocenters. The highest BCUT2D eigenvalue weighted by molar-refractivity contribution is 5.83. The Labute approximate surface area is 137 Å². The molecule has 4 fully saturated rings. The van der Waals surface area contributed by atoms with E-state index in [9.17, 15) is 0 Å². The second-order valence-electron chi connectivity index (χ2n) is 9.15. The summed E-state index contributed by atoms with van der Waals surface area (Å²) in [5.74, 6) is 3.95. The van der Waals surface area contributed by atoms with Gasteiger partial charge in [-0.15, -0.1) is 0 Å². The van der Waals surface area contributed by atoms with E-state index in [-0.39, 0.29) is 0 Å². The van der Waals surface area contributed by atoms with Gasteiger partial charge in [0.05, 0.1) is 0 Å². The van der Waals surface area contributed by atoms with Crippen molar-refractivity contribution in [3.63, 3.8) is 0 Å². The summed E-state index contributed by atoms with van der Waals surface area (Å²) in [5.41, 5.74) is 7.59. The molecule has 0 nitrogen and oxygen atoms in total. The molecule has 0 N–H and O–H groups in total. The van der Waals surface area contributed by atoms with Gasteiger partial charge in [-0.25, -0.2) is 0 Å². The number of hydrogen-bond donors (Lipinski definition) is 0. The first-order chi connectivity index (χ1) is 11.3. The second kappa shape index (κ2) is 3.43. The van der Waals surface area contributed by atoms with E-state index in [0.29, 0.717) is 5.41 Å². The molecule has 0 radical (unpaired) electrons. The van der Waals surface area contributed by atoms with Crippen LogP contribution in [0.1, 0.15) is 43.2 Å². The van der Waals surface area contributed by atoms with Gasteiger partial charge in [0.25, 0.3) is 0 Å². The van der Waals surface area contributed by atoms with Crippen molar-refractivity contribution in [2.45, 2.75) is 37.5 Å². The Bertz CT molecular complexity index is 788. The number of hydrogen-bond acceptors (Lipinski definition) is 0. The molecule has 2 aromatic rings. The van der Waals surface area contributed by atoms with Crippen LogP contribution in [0.2, 0.25) is 0 Å². The predicted octanol–water partition coefficient (Wildman–Crippen LogP) is 5.41. The van der Waals surface area contributed by atoms with Crippen LogP contribution in [0.5, 0.6) is 0 Å². The number of fused-ring (bicyclic) bond motifs is 9. The Morgan fingerprint density at radius 2 is 1.17 bits per heavy atom. The van der Waals surface area contributed by atoms with Crippen molar-refractivity contribution in [2.24, 2.45) is 29.1 Å². The van der Waals surface area contributed by atoms with Crippen molar-refractivity contribution >= 4 is 0 Å². The molecule has 0 heterocycles. The summed E-state index contributed by atoms with van der Waals surface area (Å²) in [6.45, 7) is 0. The summed E-state index contributed by atoms with van der Waals surface area (Å²) in [7, 11) is 0. The average Bonchev–Trinajstić information content (AvgIpc) is 3.11. The minimum atomic E-state index is 0.386. The summed E-state index contributed by atoms with van der Waals surface area (Å²) in [5, 5.41) is 0. The molecule has 23 heavy (non-hydrogen) atoms. The largest absolute Gasteiger partial charge is 0.0619 e. The van der Waals surface area contributed by atoms with Crippen molar-refractivity contribution in [3.8, 4) is 11.1 Å². The molecule has 5 aliphatic carbocycles. The zero-order valence-corrected chi connectivity index (χ0v) is 13.5. The molecule has 5 aliphatic rings. The molecular weight excluding hydrogens is 276 g/mol. The first-order valence-corrected chi connectivity index (χ1v) is 9.53. The minimum absolute atomic E-state index is 0.386. The summed E-state index contributed by atoms with van der Waals surface area (Å²) >= 11 is 0. The molecule has 2 spiro atoms. The molecule has 0 aromatic heterocycles. The van der Waals surface area contributed by atoms with Gasteiger partial charge in [-0.3, -0.25) is 0 Å². The van der Waals surface area contributed by atoms with Crippen LogP contribution in [-0.2, 0) is 5.41 Å². The maximum absolute atomic E-state index is 2.47. The fourth-order valence-electron chi connectivity index (χ4n) is 8.58. The fraction of sp³-hybridized carbons (Fsp3) is 0.478.